The van der Waals surface area contributed by atoms with Gasteiger partial charge in [-0.15, -0.1) is 23.2 Å². The predicted octanol–water partition coefficient (Wildman–Crippen LogP) is 7.98. The highest BCUT2D eigenvalue weighted by molar-refractivity contribution is 9.10. The molecule has 0 aromatic heterocycles. The van der Waals surface area contributed by atoms with Crippen molar-refractivity contribution in [3.8, 4) is 0 Å². The minimum atomic E-state index is -4.61. The Morgan fingerprint density at radius 2 is 1.66 bits per heavy atom. The molecule has 0 bridgehead atoms. The topological polar surface area (TPSA) is 84.2 Å². The van der Waals surface area contributed by atoms with E-state index in [-0.39, 0.29) is 32.7 Å². The van der Waals surface area contributed by atoms with Crippen LogP contribution in [-0.2, 0) is 17.4 Å². The molecule has 0 aliphatic carbocycles. The van der Waals surface area contributed by atoms with Gasteiger partial charge in [-0.2, -0.15) is 13.2 Å². The minimum Gasteiger partial charge on any atom is -0.394 e. The van der Waals surface area contributed by atoms with Gasteiger partial charge in [-0.3, -0.25) is 9.59 Å². The molecule has 0 fully saturated rings. The van der Waals surface area contributed by atoms with Gasteiger partial charge in [0.25, 0.3) is 5.91 Å². The van der Waals surface area contributed by atoms with Crippen LogP contribution in [0.1, 0.15) is 27.9 Å². The maximum absolute atomic E-state index is 14.2. The number of nitrogens with one attached hydrogen (secondary N) is 2. The first kappa shape index (κ1) is 29.9. The van der Waals surface area contributed by atoms with E-state index in [1.165, 1.54) is 30.3 Å². The number of halogens is 9. The molecule has 0 aliphatic heterocycles. The molecule has 0 atom stereocenters. The molecular formula is C24H16BrCl3F5N3O2. The number of nitrogen functional groups attached to an aromatic ring is 1. The molecule has 2 amide bonds. The van der Waals surface area contributed by atoms with Crippen molar-refractivity contribution in [2.24, 2.45) is 0 Å². The van der Waals surface area contributed by atoms with Gasteiger partial charge in [0.05, 0.1) is 28.3 Å². The van der Waals surface area contributed by atoms with Crippen LogP contribution in [0.25, 0.3) is 0 Å². The summed E-state index contributed by atoms with van der Waals surface area (Å²) >= 11 is 21.4. The number of rotatable bonds is 7. The van der Waals surface area contributed by atoms with Crippen LogP contribution in [0.15, 0.2) is 53.0 Å². The molecule has 5 nitrogen and oxygen atoms in total. The Morgan fingerprint density at radius 3 is 2.32 bits per heavy atom. The average molecular weight is 660 g/mol. The van der Waals surface area contributed by atoms with E-state index in [4.69, 9.17) is 40.5 Å². The molecule has 0 heterocycles. The van der Waals surface area contributed by atoms with Crippen molar-refractivity contribution >= 4 is 79.6 Å². The van der Waals surface area contributed by atoms with E-state index < -0.39 is 57.3 Å². The van der Waals surface area contributed by atoms with E-state index in [1.54, 1.807) is 0 Å². The molecule has 3 aromatic rings. The largest absolute Gasteiger partial charge is 0.417 e. The second-order valence-electron chi connectivity index (χ2n) is 8.04. The first-order valence-electron chi connectivity index (χ1n) is 10.4. The van der Waals surface area contributed by atoms with Gasteiger partial charge in [0.15, 0.2) is 5.82 Å². The summed E-state index contributed by atoms with van der Waals surface area (Å²) in [4.78, 5) is 25.2. The summed E-state index contributed by atoms with van der Waals surface area (Å²) in [5.41, 5.74) is 3.28. The summed E-state index contributed by atoms with van der Waals surface area (Å²) < 4.78 is 65.1. The molecule has 3 rings (SSSR count). The molecule has 3 aromatic carbocycles. The van der Waals surface area contributed by atoms with E-state index in [9.17, 15) is 31.5 Å². The zero-order valence-corrected chi connectivity index (χ0v) is 22.7. The van der Waals surface area contributed by atoms with Gasteiger partial charge in [-0.1, -0.05) is 33.6 Å². The number of benzene rings is 3. The number of alkyl halides is 5. The van der Waals surface area contributed by atoms with E-state index >= 15 is 0 Å². The molecule has 0 aliphatic rings. The first-order chi connectivity index (χ1) is 17.6. The molecule has 4 N–H and O–H groups in total. The Hall–Kier alpha value is -2.60. The zero-order valence-electron chi connectivity index (χ0n) is 18.8. The molecular weight excluding hydrogens is 644 g/mol. The molecule has 202 valence electrons. The lowest BCUT2D eigenvalue weighted by molar-refractivity contribution is -0.138. The predicted molar refractivity (Wildman–Crippen MR) is 141 cm³/mol. The van der Waals surface area contributed by atoms with Crippen LogP contribution in [0.4, 0.5) is 39.0 Å². The number of hydrogen-bond donors (Lipinski definition) is 3. The van der Waals surface area contributed by atoms with Crippen molar-refractivity contribution in [1.29, 1.82) is 0 Å². The minimum absolute atomic E-state index is 0.0456. The Bertz CT molecular complexity index is 1400. The maximum atomic E-state index is 14.2. The highest BCUT2D eigenvalue weighted by Crippen LogP contribution is 2.37. The number of carbonyl (C=O) groups is 2. The fourth-order valence-corrected chi connectivity index (χ4v) is 4.56. The van der Waals surface area contributed by atoms with Gasteiger partial charge in [-0.25, -0.2) is 8.78 Å². The smallest absolute Gasteiger partial charge is 0.394 e. The van der Waals surface area contributed by atoms with Crippen molar-refractivity contribution in [3.05, 3.63) is 86.4 Å². The van der Waals surface area contributed by atoms with Crippen LogP contribution in [0.5, 0.6) is 0 Å². The van der Waals surface area contributed by atoms with Crippen molar-refractivity contribution in [2.45, 2.75) is 23.4 Å². The summed E-state index contributed by atoms with van der Waals surface area (Å²) in [6, 6.07) is 9.15. The summed E-state index contributed by atoms with van der Waals surface area (Å²) in [5, 5.41) is 4.64. The quantitative estimate of drug-likeness (QED) is 0.137. The molecule has 0 saturated heterocycles. The second kappa shape index (κ2) is 11.6. The Morgan fingerprint density at radius 1 is 0.974 bits per heavy atom. The summed E-state index contributed by atoms with van der Waals surface area (Å²) in [6.07, 6.45) is -5.40. The van der Waals surface area contributed by atoms with Gasteiger partial charge >= 0.3 is 6.18 Å². The van der Waals surface area contributed by atoms with Crippen LogP contribution in [0, 0.1) is 11.6 Å². The lowest BCUT2D eigenvalue weighted by Crippen LogP contribution is -2.26. The Labute approximate surface area is 236 Å². The third-order valence-electron chi connectivity index (χ3n) is 5.09. The number of carbonyl (C=O) groups excluding carboxylic acids is 2. The molecule has 0 unspecified atom stereocenters. The fraction of sp³-hybridized carbons (Fsp3) is 0.167. The number of anilines is 3. The number of amides is 2. The molecule has 38 heavy (non-hydrogen) atoms. The SMILES string of the molecule is Nc1c(F)ccc(NC(=O)c2cc(NC(=O)CC(Cl)(Cl)Cc3ccc(Br)c(C(F)(F)F)c3)ccc2Cl)c1F. The fourth-order valence-electron chi connectivity index (χ4n) is 3.33. The summed E-state index contributed by atoms with van der Waals surface area (Å²) in [7, 11) is 0. The van der Waals surface area contributed by atoms with Crippen LogP contribution < -0.4 is 16.4 Å². The summed E-state index contributed by atoms with van der Waals surface area (Å²) in [5.74, 6) is -3.77. The first-order valence-corrected chi connectivity index (χ1v) is 12.4. The maximum Gasteiger partial charge on any atom is 0.417 e. The van der Waals surface area contributed by atoms with E-state index in [2.05, 4.69) is 26.6 Å². The standard InChI is InChI=1S/C24H16BrCl3F5N3O2/c25-15-3-1-11(7-14(15)24(31,32)33)9-23(27,28)10-19(37)35-12-2-4-16(26)13(8-12)22(38)36-18-6-5-17(29)21(34)20(18)30/h1-8H,9-10,34H2,(H,35,37)(H,36,38). The highest BCUT2D eigenvalue weighted by Gasteiger charge is 2.34. The third kappa shape index (κ3) is 7.49. The molecule has 0 spiro atoms. The monoisotopic (exact) mass is 657 g/mol. The van der Waals surface area contributed by atoms with Gasteiger partial charge in [-0.05, 0) is 48.0 Å². The van der Waals surface area contributed by atoms with Crippen LogP contribution in [0.2, 0.25) is 5.02 Å². The van der Waals surface area contributed by atoms with Crippen molar-refractivity contribution in [2.75, 3.05) is 16.4 Å². The van der Waals surface area contributed by atoms with Crippen LogP contribution in [-0.4, -0.2) is 16.1 Å². The molecule has 14 heteroatoms. The normalized spacial score (nSPS) is 11.8. The highest BCUT2D eigenvalue weighted by atomic mass is 79.9. The van der Waals surface area contributed by atoms with Crippen molar-refractivity contribution < 1.29 is 31.5 Å². The van der Waals surface area contributed by atoms with Crippen molar-refractivity contribution in [3.63, 3.8) is 0 Å². The summed E-state index contributed by atoms with van der Waals surface area (Å²) in [6.45, 7) is 0. The van der Waals surface area contributed by atoms with Gasteiger partial charge in [0.2, 0.25) is 5.91 Å². The average Bonchev–Trinajstić information content (AvgIpc) is 2.80. The number of hydrogen-bond acceptors (Lipinski definition) is 3. The van der Waals surface area contributed by atoms with Gasteiger partial charge in [0, 0.05) is 16.6 Å². The lowest BCUT2D eigenvalue weighted by Gasteiger charge is -2.20. The van der Waals surface area contributed by atoms with E-state index in [0.717, 1.165) is 18.2 Å². The van der Waals surface area contributed by atoms with E-state index in [1.807, 2.05) is 0 Å². The Balaban J connectivity index is 1.71. The second-order valence-corrected chi connectivity index (χ2v) is 10.9. The number of nitrogens with two attached hydrogens (primary N) is 1. The Kier molecular flexibility index (Phi) is 9.18. The molecule has 0 radical (unpaired) electrons. The van der Waals surface area contributed by atoms with Crippen molar-refractivity contribution in [1.82, 2.24) is 0 Å². The zero-order chi connectivity index (χ0) is 28.4. The molecule has 0 saturated carbocycles. The van der Waals surface area contributed by atoms with Gasteiger partial charge < -0.3 is 16.4 Å². The van der Waals surface area contributed by atoms with E-state index in [0.29, 0.717) is 0 Å². The lowest BCUT2D eigenvalue weighted by atomic mass is 10.0. The third-order valence-corrected chi connectivity index (χ3v) is 6.64. The van der Waals surface area contributed by atoms with Crippen LogP contribution >= 0.6 is 50.7 Å². The van der Waals surface area contributed by atoms with Gasteiger partial charge in [0.1, 0.15) is 15.8 Å². The van der Waals surface area contributed by atoms with Crippen LogP contribution in [0.3, 0.4) is 0 Å².